The van der Waals surface area contributed by atoms with Crippen molar-refractivity contribution >= 4 is 22.5 Å². The molecule has 50 valence electrons. The van der Waals surface area contributed by atoms with Gasteiger partial charge in [-0.25, -0.2) is 4.98 Å². The SMILES string of the molecule is Clc1nccc2cn[nH]c12. The largest absolute Gasteiger partial charge is 0.275 e. The number of halogens is 1. The first kappa shape index (κ1) is 5.68. The number of aromatic nitrogens is 3. The van der Waals surface area contributed by atoms with Crippen LogP contribution in [0.2, 0.25) is 5.15 Å². The van der Waals surface area contributed by atoms with Crippen LogP contribution in [0.15, 0.2) is 18.5 Å². The van der Waals surface area contributed by atoms with Crippen LogP contribution in [0.25, 0.3) is 10.9 Å². The molecule has 4 heteroatoms. The van der Waals surface area contributed by atoms with Gasteiger partial charge in [0, 0.05) is 11.6 Å². The van der Waals surface area contributed by atoms with Crippen LogP contribution in [0, 0.1) is 0 Å². The van der Waals surface area contributed by atoms with Crippen molar-refractivity contribution < 1.29 is 0 Å². The van der Waals surface area contributed by atoms with Gasteiger partial charge in [0.2, 0.25) is 0 Å². The van der Waals surface area contributed by atoms with E-state index in [2.05, 4.69) is 15.2 Å². The van der Waals surface area contributed by atoms with E-state index in [0.717, 1.165) is 10.9 Å². The molecule has 0 aromatic carbocycles. The zero-order chi connectivity index (χ0) is 6.97. The number of aromatic amines is 1. The summed E-state index contributed by atoms with van der Waals surface area (Å²) in [7, 11) is 0. The number of rotatable bonds is 0. The first-order valence-corrected chi connectivity index (χ1v) is 3.19. The standard InChI is InChI=1S/C6H4ClN3/c7-6-5-4(1-2-8-6)3-9-10-5/h1-3H,(H,9,10). The molecule has 2 aromatic rings. The van der Waals surface area contributed by atoms with E-state index < -0.39 is 0 Å². The van der Waals surface area contributed by atoms with Crippen LogP contribution in [0.4, 0.5) is 0 Å². The molecule has 2 heterocycles. The van der Waals surface area contributed by atoms with Gasteiger partial charge in [0.1, 0.15) is 5.52 Å². The van der Waals surface area contributed by atoms with Gasteiger partial charge in [0.05, 0.1) is 6.20 Å². The Kier molecular flexibility index (Phi) is 1.11. The van der Waals surface area contributed by atoms with E-state index in [0.29, 0.717) is 5.15 Å². The van der Waals surface area contributed by atoms with Crippen molar-refractivity contribution in [3.05, 3.63) is 23.6 Å². The van der Waals surface area contributed by atoms with Crippen molar-refractivity contribution in [2.75, 3.05) is 0 Å². The van der Waals surface area contributed by atoms with Gasteiger partial charge in [-0.1, -0.05) is 11.6 Å². The molecule has 0 aliphatic rings. The number of H-pyrrole nitrogens is 1. The Labute approximate surface area is 62.0 Å². The van der Waals surface area contributed by atoms with Crippen molar-refractivity contribution in [2.45, 2.75) is 0 Å². The van der Waals surface area contributed by atoms with Gasteiger partial charge < -0.3 is 0 Å². The summed E-state index contributed by atoms with van der Waals surface area (Å²) < 4.78 is 0. The molecule has 2 rings (SSSR count). The Balaban J connectivity index is 2.95. The van der Waals surface area contributed by atoms with Crippen molar-refractivity contribution in [3.63, 3.8) is 0 Å². The molecule has 0 saturated heterocycles. The summed E-state index contributed by atoms with van der Waals surface area (Å²) in [5.74, 6) is 0. The number of hydrogen-bond acceptors (Lipinski definition) is 2. The topological polar surface area (TPSA) is 41.6 Å². The molecule has 0 aliphatic heterocycles. The molecule has 3 nitrogen and oxygen atoms in total. The second-order valence-corrected chi connectivity index (χ2v) is 2.29. The second kappa shape index (κ2) is 1.95. The van der Waals surface area contributed by atoms with Gasteiger partial charge in [-0.05, 0) is 6.07 Å². The number of pyridine rings is 1. The van der Waals surface area contributed by atoms with Crippen LogP contribution in [-0.4, -0.2) is 15.2 Å². The number of nitrogens with one attached hydrogen (secondary N) is 1. The third kappa shape index (κ3) is 0.675. The molecule has 0 atom stereocenters. The minimum Gasteiger partial charge on any atom is -0.275 e. The molecule has 2 aromatic heterocycles. The van der Waals surface area contributed by atoms with Crippen LogP contribution >= 0.6 is 11.6 Å². The first-order chi connectivity index (χ1) is 4.88. The van der Waals surface area contributed by atoms with E-state index in [1.54, 1.807) is 12.4 Å². The Morgan fingerprint density at radius 1 is 1.50 bits per heavy atom. The average Bonchev–Trinajstić information content (AvgIpc) is 2.36. The summed E-state index contributed by atoms with van der Waals surface area (Å²) in [6.45, 7) is 0. The minimum atomic E-state index is 0.468. The highest BCUT2D eigenvalue weighted by Crippen LogP contribution is 2.16. The lowest BCUT2D eigenvalue weighted by atomic mass is 10.3. The molecule has 0 unspecified atom stereocenters. The molecule has 0 amide bonds. The van der Waals surface area contributed by atoms with Gasteiger partial charge in [-0.2, -0.15) is 5.10 Å². The summed E-state index contributed by atoms with van der Waals surface area (Å²) >= 11 is 5.72. The van der Waals surface area contributed by atoms with Crippen LogP contribution in [0.5, 0.6) is 0 Å². The Morgan fingerprint density at radius 2 is 2.40 bits per heavy atom. The molecular formula is C6H4ClN3. The molecule has 10 heavy (non-hydrogen) atoms. The summed E-state index contributed by atoms with van der Waals surface area (Å²) in [5.41, 5.74) is 0.796. The molecular weight excluding hydrogens is 150 g/mol. The lowest BCUT2D eigenvalue weighted by Gasteiger charge is -1.87. The van der Waals surface area contributed by atoms with E-state index in [4.69, 9.17) is 11.6 Å². The highest BCUT2D eigenvalue weighted by atomic mass is 35.5. The van der Waals surface area contributed by atoms with Crippen molar-refractivity contribution in [3.8, 4) is 0 Å². The van der Waals surface area contributed by atoms with Gasteiger partial charge in [0.15, 0.2) is 5.15 Å². The van der Waals surface area contributed by atoms with Crippen LogP contribution in [0.3, 0.4) is 0 Å². The Hall–Kier alpha value is -1.09. The number of nitrogens with zero attached hydrogens (tertiary/aromatic N) is 2. The summed E-state index contributed by atoms with van der Waals surface area (Å²) in [6, 6.07) is 1.85. The summed E-state index contributed by atoms with van der Waals surface area (Å²) in [4.78, 5) is 3.87. The smallest absolute Gasteiger partial charge is 0.154 e. The van der Waals surface area contributed by atoms with E-state index in [9.17, 15) is 0 Å². The zero-order valence-corrected chi connectivity index (χ0v) is 5.76. The van der Waals surface area contributed by atoms with Crippen LogP contribution in [0.1, 0.15) is 0 Å². The third-order valence-electron chi connectivity index (χ3n) is 1.32. The van der Waals surface area contributed by atoms with Crippen LogP contribution in [-0.2, 0) is 0 Å². The summed E-state index contributed by atoms with van der Waals surface area (Å²) in [5, 5.41) is 8.01. The predicted octanol–water partition coefficient (Wildman–Crippen LogP) is 1.61. The fourth-order valence-corrected chi connectivity index (χ4v) is 1.04. The fraction of sp³-hybridized carbons (Fsp3) is 0. The molecule has 1 N–H and O–H groups in total. The monoisotopic (exact) mass is 153 g/mol. The maximum atomic E-state index is 5.72. The normalized spacial score (nSPS) is 10.5. The van der Waals surface area contributed by atoms with E-state index >= 15 is 0 Å². The third-order valence-corrected chi connectivity index (χ3v) is 1.60. The van der Waals surface area contributed by atoms with E-state index in [-0.39, 0.29) is 0 Å². The lowest BCUT2D eigenvalue weighted by Crippen LogP contribution is -1.74. The second-order valence-electron chi connectivity index (χ2n) is 1.94. The predicted molar refractivity (Wildman–Crippen MR) is 38.9 cm³/mol. The number of fused-ring (bicyclic) bond motifs is 1. The molecule has 0 saturated carbocycles. The van der Waals surface area contributed by atoms with E-state index in [1.807, 2.05) is 6.07 Å². The lowest BCUT2D eigenvalue weighted by molar-refractivity contribution is 1.11. The molecule has 0 aliphatic carbocycles. The molecule has 0 bridgehead atoms. The Morgan fingerprint density at radius 3 is 3.20 bits per heavy atom. The quantitative estimate of drug-likeness (QED) is 0.585. The fourth-order valence-electron chi connectivity index (χ4n) is 0.835. The minimum absolute atomic E-state index is 0.468. The van der Waals surface area contributed by atoms with Gasteiger partial charge in [0.25, 0.3) is 0 Å². The molecule has 0 spiro atoms. The Bertz CT molecular complexity index is 355. The number of hydrogen-bond donors (Lipinski definition) is 1. The van der Waals surface area contributed by atoms with Gasteiger partial charge in [-0.15, -0.1) is 0 Å². The van der Waals surface area contributed by atoms with Gasteiger partial charge in [-0.3, -0.25) is 5.10 Å². The molecule has 0 fully saturated rings. The zero-order valence-electron chi connectivity index (χ0n) is 5.00. The van der Waals surface area contributed by atoms with Crippen molar-refractivity contribution in [1.29, 1.82) is 0 Å². The van der Waals surface area contributed by atoms with Crippen molar-refractivity contribution in [2.24, 2.45) is 0 Å². The highest BCUT2D eigenvalue weighted by Gasteiger charge is 1.98. The maximum absolute atomic E-state index is 5.72. The highest BCUT2D eigenvalue weighted by molar-refractivity contribution is 6.33. The summed E-state index contributed by atoms with van der Waals surface area (Å²) in [6.07, 6.45) is 3.36. The first-order valence-electron chi connectivity index (χ1n) is 2.81. The maximum Gasteiger partial charge on any atom is 0.154 e. The van der Waals surface area contributed by atoms with Crippen molar-refractivity contribution in [1.82, 2.24) is 15.2 Å². The average molecular weight is 154 g/mol. The van der Waals surface area contributed by atoms with E-state index in [1.165, 1.54) is 0 Å². The van der Waals surface area contributed by atoms with Gasteiger partial charge >= 0.3 is 0 Å². The molecule has 0 radical (unpaired) electrons. The van der Waals surface area contributed by atoms with Crippen LogP contribution < -0.4 is 0 Å².